The van der Waals surface area contributed by atoms with Gasteiger partial charge in [0.1, 0.15) is 11.9 Å². The van der Waals surface area contributed by atoms with Crippen molar-refractivity contribution in [2.75, 3.05) is 27.2 Å². The number of hydrogen-bond donors (Lipinski definition) is 2. The molecule has 1 rings (SSSR count). The number of amides is 1. The van der Waals surface area contributed by atoms with Crippen molar-refractivity contribution in [3.05, 3.63) is 35.6 Å². The predicted molar refractivity (Wildman–Crippen MR) is 67.5 cm³/mol. The molecule has 0 spiro atoms. The van der Waals surface area contributed by atoms with Crippen molar-refractivity contribution in [2.45, 2.75) is 12.5 Å². The van der Waals surface area contributed by atoms with E-state index in [0.717, 1.165) is 0 Å². The molecule has 0 aromatic heterocycles. The highest BCUT2D eigenvalue weighted by atomic mass is 19.1. The number of carbonyl (C=O) groups is 1. The first kappa shape index (κ1) is 14.6. The van der Waals surface area contributed by atoms with Crippen LogP contribution in [0.3, 0.4) is 0 Å². The first-order valence-corrected chi connectivity index (χ1v) is 5.87. The summed E-state index contributed by atoms with van der Waals surface area (Å²) in [5.74, 6) is -0.660. The van der Waals surface area contributed by atoms with Crippen molar-refractivity contribution in [3.63, 3.8) is 0 Å². The first-order valence-electron chi connectivity index (χ1n) is 5.87. The summed E-state index contributed by atoms with van der Waals surface area (Å²) < 4.78 is 13.7. The number of benzene rings is 1. The Hall–Kier alpha value is -1.46. The van der Waals surface area contributed by atoms with Crippen molar-refractivity contribution in [1.82, 2.24) is 10.2 Å². The topological polar surface area (TPSA) is 52.6 Å². The van der Waals surface area contributed by atoms with E-state index in [4.69, 9.17) is 5.11 Å². The first-order chi connectivity index (χ1) is 8.57. The molecule has 0 saturated carbocycles. The number of halogens is 1. The van der Waals surface area contributed by atoms with Crippen molar-refractivity contribution in [3.8, 4) is 0 Å². The van der Waals surface area contributed by atoms with Gasteiger partial charge in [-0.15, -0.1) is 0 Å². The summed E-state index contributed by atoms with van der Waals surface area (Å²) in [7, 11) is 3.45. The van der Waals surface area contributed by atoms with E-state index in [9.17, 15) is 9.18 Å². The van der Waals surface area contributed by atoms with Gasteiger partial charge in [0.05, 0.1) is 0 Å². The molecule has 0 saturated heterocycles. The molecule has 0 aliphatic rings. The van der Waals surface area contributed by atoms with Crippen LogP contribution in [0.1, 0.15) is 18.0 Å². The lowest BCUT2D eigenvalue weighted by molar-refractivity contribution is -0.125. The second-order valence-electron chi connectivity index (χ2n) is 4.26. The number of aliphatic hydroxyl groups is 1. The molecule has 0 heterocycles. The molecule has 1 aromatic carbocycles. The fourth-order valence-electron chi connectivity index (χ4n) is 1.74. The maximum absolute atomic E-state index is 13.7. The number of nitrogens with one attached hydrogen (secondary N) is 1. The average molecular weight is 254 g/mol. The van der Waals surface area contributed by atoms with Gasteiger partial charge >= 0.3 is 0 Å². The highest BCUT2D eigenvalue weighted by molar-refractivity contribution is 5.83. The zero-order chi connectivity index (χ0) is 13.5. The van der Waals surface area contributed by atoms with Crippen LogP contribution in [0.25, 0.3) is 0 Å². The average Bonchev–Trinajstić information content (AvgIpc) is 2.32. The van der Waals surface area contributed by atoms with Crippen molar-refractivity contribution < 1.29 is 14.3 Å². The monoisotopic (exact) mass is 254 g/mol. The summed E-state index contributed by atoms with van der Waals surface area (Å²) in [5.41, 5.74) is 0.351. The molecule has 100 valence electrons. The maximum atomic E-state index is 13.7. The number of rotatable bonds is 6. The molecule has 5 heteroatoms. The Morgan fingerprint density at radius 1 is 1.44 bits per heavy atom. The minimum atomic E-state index is -0.662. The van der Waals surface area contributed by atoms with Gasteiger partial charge in [0.25, 0.3) is 0 Å². The molecular weight excluding hydrogens is 235 g/mol. The van der Waals surface area contributed by atoms with Crippen LogP contribution in [-0.2, 0) is 4.79 Å². The number of carbonyl (C=O) groups excluding carboxylic acids is 1. The summed E-state index contributed by atoms with van der Waals surface area (Å²) in [5, 5.41) is 11.3. The molecule has 0 radical (unpaired) electrons. The summed E-state index contributed by atoms with van der Waals surface area (Å²) in [6.07, 6.45) is 0.489. The summed E-state index contributed by atoms with van der Waals surface area (Å²) >= 11 is 0. The van der Waals surface area contributed by atoms with E-state index in [2.05, 4.69) is 5.32 Å². The molecule has 4 nitrogen and oxygen atoms in total. The van der Waals surface area contributed by atoms with Gasteiger partial charge in [-0.25, -0.2) is 4.39 Å². The van der Waals surface area contributed by atoms with Crippen LogP contribution in [0.2, 0.25) is 0 Å². The lowest BCUT2D eigenvalue weighted by atomic mass is 10.0. The summed E-state index contributed by atoms with van der Waals surface area (Å²) in [4.78, 5) is 13.7. The van der Waals surface area contributed by atoms with Crippen molar-refractivity contribution in [1.29, 1.82) is 0 Å². The van der Waals surface area contributed by atoms with Gasteiger partial charge in [0.15, 0.2) is 0 Å². The highest BCUT2D eigenvalue weighted by Gasteiger charge is 2.24. The quantitative estimate of drug-likeness (QED) is 0.742. The smallest absolute Gasteiger partial charge is 0.242 e. The van der Waals surface area contributed by atoms with Crippen LogP contribution < -0.4 is 5.32 Å². The van der Waals surface area contributed by atoms with Crippen molar-refractivity contribution >= 4 is 5.91 Å². The van der Waals surface area contributed by atoms with Gasteiger partial charge in [-0.3, -0.25) is 9.69 Å². The lowest BCUT2D eigenvalue weighted by Gasteiger charge is -2.24. The normalized spacial score (nSPS) is 12.5. The molecule has 0 aliphatic heterocycles. The third-order valence-electron chi connectivity index (χ3n) is 2.60. The van der Waals surface area contributed by atoms with Gasteiger partial charge in [0, 0.05) is 18.7 Å². The highest BCUT2D eigenvalue weighted by Crippen LogP contribution is 2.21. The molecule has 18 heavy (non-hydrogen) atoms. The third kappa shape index (κ3) is 3.78. The molecule has 1 amide bonds. The van der Waals surface area contributed by atoms with E-state index >= 15 is 0 Å². The van der Waals surface area contributed by atoms with Gasteiger partial charge in [-0.05, 0) is 26.6 Å². The van der Waals surface area contributed by atoms with E-state index in [1.165, 1.54) is 6.07 Å². The molecule has 1 aromatic rings. The second-order valence-corrected chi connectivity index (χ2v) is 4.26. The summed E-state index contributed by atoms with van der Waals surface area (Å²) in [6.45, 7) is 0.404. The molecule has 1 atom stereocenters. The molecule has 0 fully saturated rings. The Balaban J connectivity index is 2.83. The van der Waals surface area contributed by atoms with E-state index < -0.39 is 11.9 Å². The Labute approximate surface area is 106 Å². The van der Waals surface area contributed by atoms with Gasteiger partial charge < -0.3 is 10.4 Å². The van der Waals surface area contributed by atoms with Crippen LogP contribution in [0.5, 0.6) is 0 Å². The number of likely N-dealkylation sites (N-methyl/N-ethyl adjacent to an activating group) is 1. The van der Waals surface area contributed by atoms with Crippen molar-refractivity contribution in [2.24, 2.45) is 0 Å². The van der Waals surface area contributed by atoms with E-state index in [1.54, 1.807) is 37.2 Å². The van der Waals surface area contributed by atoms with Gasteiger partial charge in [-0.1, -0.05) is 18.2 Å². The molecule has 2 N–H and O–H groups in total. The van der Waals surface area contributed by atoms with E-state index in [1.807, 2.05) is 0 Å². The summed E-state index contributed by atoms with van der Waals surface area (Å²) in [6, 6.07) is 5.58. The number of hydrogen-bond acceptors (Lipinski definition) is 3. The van der Waals surface area contributed by atoms with Crippen LogP contribution in [-0.4, -0.2) is 43.2 Å². The minimum Gasteiger partial charge on any atom is -0.396 e. The van der Waals surface area contributed by atoms with Crippen LogP contribution in [0.15, 0.2) is 24.3 Å². The molecule has 1 unspecified atom stereocenters. The minimum absolute atomic E-state index is 0.0204. The molecule has 0 aliphatic carbocycles. The fourth-order valence-corrected chi connectivity index (χ4v) is 1.74. The SMILES string of the molecule is CN(C)C(C(=O)NCCCO)c1ccccc1F. The van der Waals surface area contributed by atoms with Crippen LogP contribution in [0.4, 0.5) is 4.39 Å². The maximum Gasteiger partial charge on any atom is 0.242 e. The van der Waals surface area contributed by atoms with E-state index in [0.29, 0.717) is 18.5 Å². The Morgan fingerprint density at radius 2 is 2.11 bits per heavy atom. The lowest BCUT2D eigenvalue weighted by Crippen LogP contribution is -2.38. The predicted octanol–water partition coefficient (Wildman–Crippen LogP) is 0.927. The van der Waals surface area contributed by atoms with Gasteiger partial charge in [-0.2, -0.15) is 0 Å². The Kier molecular flexibility index (Phi) is 5.74. The largest absolute Gasteiger partial charge is 0.396 e. The molecule has 0 bridgehead atoms. The standard InChI is InChI=1S/C13H19FN2O2/c1-16(2)12(13(18)15-8-5-9-17)10-6-3-4-7-11(10)14/h3-4,6-7,12,17H,5,8-9H2,1-2H3,(H,15,18). The van der Waals surface area contributed by atoms with Crippen LogP contribution in [0, 0.1) is 5.82 Å². The van der Waals surface area contributed by atoms with Gasteiger partial charge in [0.2, 0.25) is 5.91 Å². The third-order valence-corrected chi connectivity index (χ3v) is 2.60. The van der Waals surface area contributed by atoms with E-state index in [-0.39, 0.29) is 12.5 Å². The zero-order valence-corrected chi connectivity index (χ0v) is 10.7. The Morgan fingerprint density at radius 3 is 2.67 bits per heavy atom. The second kappa shape index (κ2) is 7.08. The molecular formula is C13H19FN2O2. The fraction of sp³-hybridized carbons (Fsp3) is 0.462. The number of nitrogens with zero attached hydrogens (tertiary/aromatic N) is 1. The Bertz CT molecular complexity index is 396. The van der Waals surface area contributed by atoms with Crippen LogP contribution >= 0.6 is 0 Å². The number of aliphatic hydroxyl groups excluding tert-OH is 1. The zero-order valence-electron chi connectivity index (χ0n) is 10.7.